The minimum absolute atomic E-state index is 0.0757. The van der Waals surface area contributed by atoms with Crippen LogP contribution in [0.25, 0.3) is 0 Å². The Morgan fingerprint density at radius 3 is 2.84 bits per heavy atom. The van der Waals surface area contributed by atoms with E-state index >= 15 is 0 Å². The summed E-state index contributed by atoms with van der Waals surface area (Å²) in [5.41, 5.74) is 8.67. The summed E-state index contributed by atoms with van der Waals surface area (Å²) in [5.74, 6) is 1.03. The SMILES string of the molecule is COc1c(CCN)cc(Cl)c(C)c1C1CNC(=O)C1. The lowest BCUT2D eigenvalue weighted by Crippen LogP contribution is -2.14. The van der Waals surface area contributed by atoms with Crippen molar-refractivity contribution in [2.24, 2.45) is 5.73 Å². The Bertz CT molecular complexity index is 503. The molecule has 3 N–H and O–H groups in total. The van der Waals surface area contributed by atoms with Gasteiger partial charge in [-0.2, -0.15) is 0 Å². The summed E-state index contributed by atoms with van der Waals surface area (Å²) < 4.78 is 5.56. The summed E-state index contributed by atoms with van der Waals surface area (Å²) in [6.45, 7) is 3.14. The number of rotatable bonds is 4. The van der Waals surface area contributed by atoms with Crippen LogP contribution < -0.4 is 15.8 Å². The molecule has 0 saturated carbocycles. The number of hydrogen-bond donors (Lipinski definition) is 2. The molecule has 1 aromatic carbocycles. The summed E-state index contributed by atoms with van der Waals surface area (Å²) in [5, 5.41) is 3.56. The van der Waals surface area contributed by atoms with E-state index in [4.69, 9.17) is 22.1 Å². The van der Waals surface area contributed by atoms with Crippen molar-refractivity contribution in [2.75, 3.05) is 20.2 Å². The van der Waals surface area contributed by atoms with E-state index < -0.39 is 0 Å². The largest absolute Gasteiger partial charge is 0.496 e. The molecule has 1 aliphatic heterocycles. The van der Waals surface area contributed by atoms with Gasteiger partial charge in [0, 0.05) is 29.5 Å². The molecule has 1 amide bonds. The molecule has 104 valence electrons. The molecule has 19 heavy (non-hydrogen) atoms. The standard InChI is InChI=1S/C14H19ClN2O2/c1-8-11(15)5-9(3-4-16)14(19-2)13(8)10-6-12(18)17-7-10/h5,10H,3-4,6-7,16H2,1-2H3,(H,17,18). The molecule has 1 atom stereocenters. The molecule has 0 aromatic heterocycles. The third kappa shape index (κ3) is 2.69. The lowest BCUT2D eigenvalue weighted by molar-refractivity contribution is -0.119. The van der Waals surface area contributed by atoms with Gasteiger partial charge in [-0.25, -0.2) is 0 Å². The minimum atomic E-state index is 0.0757. The molecule has 1 fully saturated rings. The first-order valence-electron chi connectivity index (χ1n) is 6.41. The Labute approximate surface area is 118 Å². The van der Waals surface area contributed by atoms with Gasteiger partial charge in [-0.05, 0) is 37.1 Å². The van der Waals surface area contributed by atoms with Crippen molar-refractivity contribution in [1.29, 1.82) is 0 Å². The highest BCUT2D eigenvalue weighted by Crippen LogP contribution is 2.39. The number of carbonyl (C=O) groups excluding carboxylic acids is 1. The van der Waals surface area contributed by atoms with Crippen molar-refractivity contribution in [1.82, 2.24) is 5.32 Å². The number of methoxy groups -OCH3 is 1. The maximum absolute atomic E-state index is 11.4. The van der Waals surface area contributed by atoms with Crippen molar-refractivity contribution in [3.63, 3.8) is 0 Å². The van der Waals surface area contributed by atoms with Gasteiger partial charge in [0.05, 0.1) is 7.11 Å². The second-order valence-electron chi connectivity index (χ2n) is 4.83. The minimum Gasteiger partial charge on any atom is -0.496 e. The maximum Gasteiger partial charge on any atom is 0.220 e. The predicted molar refractivity (Wildman–Crippen MR) is 75.9 cm³/mol. The van der Waals surface area contributed by atoms with Crippen LogP contribution in [0.3, 0.4) is 0 Å². The average molecular weight is 283 g/mol. The molecule has 1 heterocycles. The van der Waals surface area contributed by atoms with E-state index in [0.717, 1.165) is 22.4 Å². The molecule has 4 nitrogen and oxygen atoms in total. The highest BCUT2D eigenvalue weighted by Gasteiger charge is 2.29. The molecule has 0 aliphatic carbocycles. The fourth-order valence-electron chi connectivity index (χ4n) is 2.68. The number of halogens is 1. The number of amides is 1. The van der Waals surface area contributed by atoms with Gasteiger partial charge in [0.1, 0.15) is 5.75 Å². The van der Waals surface area contributed by atoms with Gasteiger partial charge >= 0.3 is 0 Å². The van der Waals surface area contributed by atoms with Crippen LogP contribution in [0.5, 0.6) is 5.75 Å². The smallest absolute Gasteiger partial charge is 0.220 e. The van der Waals surface area contributed by atoms with Crippen molar-refractivity contribution in [3.05, 3.63) is 27.8 Å². The van der Waals surface area contributed by atoms with E-state index in [0.29, 0.717) is 31.0 Å². The third-order valence-electron chi connectivity index (χ3n) is 3.60. The predicted octanol–water partition coefficient (Wildman–Crippen LogP) is 1.76. The topological polar surface area (TPSA) is 64.3 Å². The van der Waals surface area contributed by atoms with E-state index in [1.54, 1.807) is 7.11 Å². The quantitative estimate of drug-likeness (QED) is 0.884. The lowest BCUT2D eigenvalue weighted by atomic mass is 9.90. The fraction of sp³-hybridized carbons (Fsp3) is 0.500. The Hall–Kier alpha value is -1.26. The first kappa shape index (κ1) is 14.2. The number of carbonyl (C=O) groups is 1. The first-order chi connectivity index (χ1) is 9.08. The zero-order valence-electron chi connectivity index (χ0n) is 11.3. The van der Waals surface area contributed by atoms with Gasteiger partial charge in [-0.15, -0.1) is 0 Å². The normalized spacial score (nSPS) is 18.5. The molecule has 1 aromatic rings. The molecule has 1 unspecified atom stereocenters. The van der Waals surface area contributed by atoms with E-state index in [-0.39, 0.29) is 11.8 Å². The average Bonchev–Trinajstić information content (AvgIpc) is 2.79. The summed E-state index contributed by atoms with van der Waals surface area (Å²) in [6.07, 6.45) is 1.20. The second-order valence-corrected chi connectivity index (χ2v) is 5.24. The first-order valence-corrected chi connectivity index (χ1v) is 6.78. The van der Waals surface area contributed by atoms with Gasteiger partial charge in [0.2, 0.25) is 5.91 Å². The fourth-order valence-corrected chi connectivity index (χ4v) is 2.92. The molecular formula is C14H19ClN2O2. The van der Waals surface area contributed by atoms with Gasteiger partial charge in [0.15, 0.2) is 0 Å². The van der Waals surface area contributed by atoms with E-state index in [1.165, 1.54) is 0 Å². The van der Waals surface area contributed by atoms with Crippen LogP contribution >= 0.6 is 11.6 Å². The third-order valence-corrected chi connectivity index (χ3v) is 4.00. The molecule has 1 aliphatic rings. The van der Waals surface area contributed by atoms with Crippen LogP contribution in [-0.2, 0) is 11.2 Å². The highest BCUT2D eigenvalue weighted by molar-refractivity contribution is 6.31. The number of nitrogens with two attached hydrogens (primary N) is 1. The van der Waals surface area contributed by atoms with E-state index in [9.17, 15) is 4.79 Å². The van der Waals surface area contributed by atoms with Gasteiger partial charge in [-0.3, -0.25) is 4.79 Å². The summed E-state index contributed by atoms with van der Waals surface area (Å²) in [6, 6.07) is 1.91. The number of ether oxygens (including phenoxy) is 1. The highest BCUT2D eigenvalue weighted by atomic mass is 35.5. The Morgan fingerprint density at radius 2 is 2.32 bits per heavy atom. The van der Waals surface area contributed by atoms with Gasteiger partial charge < -0.3 is 15.8 Å². The molecular weight excluding hydrogens is 264 g/mol. The Morgan fingerprint density at radius 1 is 1.58 bits per heavy atom. The van der Waals surface area contributed by atoms with Crippen LogP contribution in [0.2, 0.25) is 5.02 Å². The van der Waals surface area contributed by atoms with Crippen LogP contribution in [0.4, 0.5) is 0 Å². The van der Waals surface area contributed by atoms with E-state index in [2.05, 4.69) is 5.32 Å². The maximum atomic E-state index is 11.4. The van der Waals surface area contributed by atoms with Crippen molar-refractivity contribution in [3.8, 4) is 5.75 Å². The van der Waals surface area contributed by atoms with Crippen molar-refractivity contribution >= 4 is 17.5 Å². The molecule has 1 saturated heterocycles. The summed E-state index contributed by atoms with van der Waals surface area (Å²) >= 11 is 6.30. The lowest BCUT2D eigenvalue weighted by Gasteiger charge is -2.20. The van der Waals surface area contributed by atoms with Gasteiger partial charge in [0.25, 0.3) is 0 Å². The number of hydrogen-bond acceptors (Lipinski definition) is 3. The van der Waals surface area contributed by atoms with E-state index in [1.807, 2.05) is 13.0 Å². The van der Waals surface area contributed by atoms with Crippen LogP contribution in [0.15, 0.2) is 6.07 Å². The number of benzene rings is 1. The monoisotopic (exact) mass is 282 g/mol. The van der Waals surface area contributed by atoms with Crippen LogP contribution in [0.1, 0.15) is 29.0 Å². The second kappa shape index (κ2) is 5.80. The Kier molecular flexibility index (Phi) is 4.32. The summed E-state index contributed by atoms with van der Waals surface area (Å²) in [7, 11) is 1.65. The van der Waals surface area contributed by atoms with Crippen molar-refractivity contribution < 1.29 is 9.53 Å². The molecule has 0 spiro atoms. The molecule has 5 heteroatoms. The molecule has 0 bridgehead atoms. The van der Waals surface area contributed by atoms with Gasteiger partial charge in [-0.1, -0.05) is 11.6 Å². The van der Waals surface area contributed by atoms with Crippen LogP contribution in [-0.4, -0.2) is 26.1 Å². The zero-order valence-corrected chi connectivity index (χ0v) is 12.0. The van der Waals surface area contributed by atoms with Crippen LogP contribution in [0, 0.1) is 6.92 Å². The summed E-state index contributed by atoms with van der Waals surface area (Å²) in [4.78, 5) is 11.4. The van der Waals surface area contributed by atoms with Crippen molar-refractivity contribution in [2.45, 2.75) is 25.7 Å². The Balaban J connectivity index is 2.52. The molecule has 2 rings (SSSR count). The zero-order chi connectivity index (χ0) is 14.0. The molecule has 0 radical (unpaired) electrons. The number of nitrogens with one attached hydrogen (secondary N) is 1.